The molecule has 0 spiro atoms. The van der Waals surface area contributed by atoms with Gasteiger partial charge in [-0.05, 0) is 25.0 Å². The number of amides is 1. The van der Waals surface area contributed by atoms with Gasteiger partial charge in [0, 0.05) is 0 Å². The van der Waals surface area contributed by atoms with Crippen LogP contribution in [-0.2, 0) is 14.6 Å². The highest BCUT2D eigenvalue weighted by atomic mass is 32.2. The maximum absolute atomic E-state index is 12.2. The second kappa shape index (κ2) is 6.59. The summed E-state index contributed by atoms with van der Waals surface area (Å²) in [6.45, 7) is -0.144. The number of sulfone groups is 1. The van der Waals surface area contributed by atoms with E-state index in [4.69, 9.17) is 10.00 Å². The van der Waals surface area contributed by atoms with Crippen molar-refractivity contribution >= 4 is 21.4 Å². The number of hydrogen-bond acceptors (Lipinski definition) is 5. The minimum absolute atomic E-state index is 0.0532. The van der Waals surface area contributed by atoms with Gasteiger partial charge in [0.05, 0.1) is 11.4 Å². The summed E-state index contributed by atoms with van der Waals surface area (Å²) in [6.07, 6.45) is 1.67. The lowest BCUT2D eigenvalue weighted by atomic mass is 10.1. The number of anilines is 1. The second-order valence-corrected chi connectivity index (χ2v) is 7.09. The Kier molecular flexibility index (Phi) is 4.81. The van der Waals surface area contributed by atoms with E-state index in [1.54, 1.807) is 24.3 Å². The van der Waals surface area contributed by atoms with Crippen molar-refractivity contribution in [2.24, 2.45) is 0 Å². The third kappa shape index (κ3) is 3.73. The highest BCUT2D eigenvalue weighted by molar-refractivity contribution is 7.92. The van der Waals surface area contributed by atoms with Crippen LogP contribution in [0.1, 0.15) is 19.3 Å². The maximum atomic E-state index is 12.2. The van der Waals surface area contributed by atoms with Crippen molar-refractivity contribution in [2.45, 2.75) is 24.5 Å². The van der Waals surface area contributed by atoms with Gasteiger partial charge in [-0.25, -0.2) is 8.42 Å². The fraction of sp³-hybridized carbons (Fsp3) is 0.429. The van der Waals surface area contributed by atoms with E-state index >= 15 is 0 Å². The molecule has 0 aromatic heterocycles. The van der Waals surface area contributed by atoms with E-state index in [0.29, 0.717) is 24.3 Å². The van der Waals surface area contributed by atoms with Crippen molar-refractivity contribution in [2.75, 3.05) is 17.7 Å². The standard InChI is InChI=1S/C14H16N2O4S/c15-8-9-20-12-6-2-1-5-11(12)16-14(17)13-7-3-4-10-21(13,18)19/h1-2,5-6,13H,3-4,7,9-10H2,(H,16,17). The fourth-order valence-electron chi connectivity index (χ4n) is 2.27. The number of nitrogens with zero attached hydrogens (tertiary/aromatic N) is 1. The molecule has 1 aromatic rings. The Labute approximate surface area is 123 Å². The van der Waals surface area contributed by atoms with Crippen molar-refractivity contribution in [1.29, 1.82) is 5.26 Å². The van der Waals surface area contributed by atoms with Crippen LogP contribution in [0.2, 0.25) is 0 Å². The van der Waals surface area contributed by atoms with Crippen LogP contribution in [0.4, 0.5) is 5.69 Å². The topological polar surface area (TPSA) is 96.3 Å². The van der Waals surface area contributed by atoms with Crippen LogP contribution >= 0.6 is 0 Å². The monoisotopic (exact) mass is 308 g/mol. The fourth-order valence-corrected chi connectivity index (χ4v) is 4.07. The van der Waals surface area contributed by atoms with Crippen LogP contribution < -0.4 is 10.1 Å². The number of nitrogens with one attached hydrogen (secondary N) is 1. The molecule has 1 aliphatic rings. The van der Waals surface area contributed by atoms with Crippen LogP contribution in [0.3, 0.4) is 0 Å². The van der Waals surface area contributed by atoms with Crippen molar-refractivity contribution in [1.82, 2.24) is 0 Å². The number of nitriles is 1. The van der Waals surface area contributed by atoms with Crippen LogP contribution in [0.15, 0.2) is 24.3 Å². The van der Waals surface area contributed by atoms with Gasteiger partial charge in [0.25, 0.3) is 0 Å². The molecule has 1 saturated heterocycles. The summed E-state index contributed by atoms with van der Waals surface area (Å²) < 4.78 is 29.1. The smallest absolute Gasteiger partial charge is 0.242 e. The third-order valence-electron chi connectivity index (χ3n) is 3.31. The van der Waals surface area contributed by atoms with Gasteiger partial charge < -0.3 is 10.1 Å². The van der Waals surface area contributed by atoms with Crippen molar-refractivity contribution in [3.8, 4) is 11.8 Å². The summed E-state index contributed by atoms with van der Waals surface area (Å²) in [5.41, 5.74) is 0.374. The zero-order chi connectivity index (χ0) is 15.3. The molecular weight excluding hydrogens is 292 g/mol. The molecule has 6 nitrogen and oxygen atoms in total. The van der Waals surface area contributed by atoms with E-state index < -0.39 is 21.0 Å². The van der Waals surface area contributed by atoms with Gasteiger partial charge in [-0.15, -0.1) is 0 Å². The van der Waals surface area contributed by atoms with Gasteiger partial charge in [-0.2, -0.15) is 5.26 Å². The Bertz CT molecular complexity index is 664. The van der Waals surface area contributed by atoms with Gasteiger partial charge in [-0.3, -0.25) is 4.79 Å². The summed E-state index contributed by atoms with van der Waals surface area (Å²) in [7, 11) is -3.38. The average Bonchev–Trinajstić information content (AvgIpc) is 2.45. The molecule has 112 valence electrons. The Morgan fingerprint density at radius 2 is 2.14 bits per heavy atom. The molecule has 1 aromatic carbocycles. The highest BCUT2D eigenvalue weighted by Crippen LogP contribution is 2.26. The molecule has 0 saturated carbocycles. The normalized spacial score (nSPS) is 20.2. The SMILES string of the molecule is N#CCOc1ccccc1NC(=O)C1CCCCS1(=O)=O. The van der Waals surface area contributed by atoms with Gasteiger partial charge in [-0.1, -0.05) is 18.6 Å². The molecule has 7 heteroatoms. The van der Waals surface area contributed by atoms with Gasteiger partial charge >= 0.3 is 0 Å². The Morgan fingerprint density at radius 3 is 2.86 bits per heavy atom. The summed E-state index contributed by atoms with van der Waals surface area (Å²) in [4.78, 5) is 12.2. The van der Waals surface area contributed by atoms with E-state index in [1.807, 2.05) is 6.07 Å². The number of rotatable bonds is 4. The maximum Gasteiger partial charge on any atom is 0.242 e. The first-order valence-electron chi connectivity index (χ1n) is 6.66. The summed E-state index contributed by atoms with van der Waals surface area (Å²) in [5, 5.41) is 10.1. The zero-order valence-electron chi connectivity index (χ0n) is 11.4. The predicted molar refractivity (Wildman–Crippen MR) is 77.6 cm³/mol. The molecule has 2 rings (SSSR count). The van der Waals surface area contributed by atoms with Crippen LogP contribution in [0, 0.1) is 11.3 Å². The molecule has 1 aliphatic heterocycles. The van der Waals surface area contributed by atoms with Gasteiger partial charge in [0.2, 0.25) is 5.91 Å². The molecule has 1 N–H and O–H groups in total. The lowest BCUT2D eigenvalue weighted by Gasteiger charge is -2.21. The molecule has 0 bridgehead atoms. The molecule has 1 unspecified atom stereocenters. The molecular formula is C14H16N2O4S. The van der Waals surface area contributed by atoms with Crippen LogP contribution in [-0.4, -0.2) is 31.9 Å². The number of ether oxygens (including phenoxy) is 1. The van der Waals surface area contributed by atoms with Crippen molar-refractivity contribution < 1.29 is 17.9 Å². The summed E-state index contributed by atoms with van der Waals surface area (Å²) in [6, 6.07) is 8.47. The van der Waals surface area contributed by atoms with E-state index in [1.165, 1.54) is 0 Å². The first kappa shape index (κ1) is 15.3. The van der Waals surface area contributed by atoms with Gasteiger partial charge in [0.15, 0.2) is 16.4 Å². The molecule has 0 radical (unpaired) electrons. The molecule has 1 fully saturated rings. The largest absolute Gasteiger partial charge is 0.477 e. The summed E-state index contributed by atoms with van der Waals surface area (Å²) >= 11 is 0. The van der Waals surface area contributed by atoms with Crippen LogP contribution in [0.25, 0.3) is 0 Å². The van der Waals surface area contributed by atoms with E-state index in [0.717, 1.165) is 6.42 Å². The lowest BCUT2D eigenvalue weighted by Crippen LogP contribution is -2.39. The minimum atomic E-state index is -3.38. The number of carbonyl (C=O) groups excluding carboxylic acids is 1. The van der Waals surface area contributed by atoms with E-state index in [2.05, 4.69) is 5.32 Å². The summed E-state index contributed by atoms with van der Waals surface area (Å²) in [5.74, 6) is -0.138. The first-order chi connectivity index (χ1) is 10.0. The number of benzene rings is 1. The molecule has 1 amide bonds. The highest BCUT2D eigenvalue weighted by Gasteiger charge is 2.35. The van der Waals surface area contributed by atoms with E-state index in [9.17, 15) is 13.2 Å². The number of para-hydroxylation sites is 2. The van der Waals surface area contributed by atoms with Gasteiger partial charge in [0.1, 0.15) is 17.1 Å². The Hall–Kier alpha value is -2.07. The third-order valence-corrected chi connectivity index (χ3v) is 5.48. The average molecular weight is 308 g/mol. The number of hydrogen-bond donors (Lipinski definition) is 1. The predicted octanol–water partition coefficient (Wildman–Crippen LogP) is 1.49. The van der Waals surface area contributed by atoms with E-state index in [-0.39, 0.29) is 12.4 Å². The number of carbonyl (C=O) groups is 1. The second-order valence-electron chi connectivity index (χ2n) is 4.78. The zero-order valence-corrected chi connectivity index (χ0v) is 12.2. The molecule has 21 heavy (non-hydrogen) atoms. The quantitative estimate of drug-likeness (QED) is 0.909. The lowest BCUT2D eigenvalue weighted by molar-refractivity contribution is -0.116. The van der Waals surface area contributed by atoms with Crippen molar-refractivity contribution in [3.63, 3.8) is 0 Å². The molecule has 1 atom stereocenters. The Balaban J connectivity index is 2.14. The molecule has 0 aliphatic carbocycles. The van der Waals surface area contributed by atoms with Crippen LogP contribution in [0.5, 0.6) is 5.75 Å². The first-order valence-corrected chi connectivity index (χ1v) is 8.37. The van der Waals surface area contributed by atoms with Crippen molar-refractivity contribution in [3.05, 3.63) is 24.3 Å². The minimum Gasteiger partial charge on any atom is -0.477 e. The molecule has 1 heterocycles. The Morgan fingerprint density at radius 1 is 1.38 bits per heavy atom.